The van der Waals surface area contributed by atoms with Crippen molar-refractivity contribution in [3.05, 3.63) is 23.8 Å². The molecule has 1 aromatic rings. The smallest absolute Gasteiger partial charge is 0.416 e. The SMILES string of the molecule is CC(C)C(NS(=O)(=O)c1cc(C(F)(F)F)ccc1O)C(=O)O. The van der Waals surface area contributed by atoms with Gasteiger partial charge in [0.05, 0.1) is 5.56 Å². The van der Waals surface area contributed by atoms with Crippen LogP contribution in [0.2, 0.25) is 0 Å². The minimum absolute atomic E-state index is 0.247. The summed E-state index contributed by atoms with van der Waals surface area (Å²) >= 11 is 0. The molecule has 1 aromatic carbocycles. The monoisotopic (exact) mass is 341 g/mol. The van der Waals surface area contributed by atoms with E-state index in [1.165, 1.54) is 13.8 Å². The summed E-state index contributed by atoms with van der Waals surface area (Å²) in [5.74, 6) is -3.04. The number of halogens is 3. The first-order chi connectivity index (χ1) is 9.86. The fraction of sp³-hybridized carbons (Fsp3) is 0.417. The van der Waals surface area contributed by atoms with Crippen LogP contribution < -0.4 is 4.72 Å². The molecule has 0 aliphatic rings. The number of benzene rings is 1. The number of nitrogens with one attached hydrogen (secondary N) is 1. The maximum absolute atomic E-state index is 12.6. The standard InChI is InChI=1S/C12H14F3NO5S/c1-6(2)10(11(18)19)16-22(20,21)9-5-7(12(13,14)15)3-4-8(9)17/h3-6,10,16-17H,1-2H3,(H,18,19). The quantitative estimate of drug-likeness (QED) is 0.758. The molecular weight excluding hydrogens is 327 g/mol. The molecule has 0 bridgehead atoms. The molecule has 1 rings (SSSR count). The maximum Gasteiger partial charge on any atom is 0.416 e. The van der Waals surface area contributed by atoms with Crippen molar-refractivity contribution in [3.8, 4) is 5.75 Å². The van der Waals surface area contributed by atoms with E-state index in [1.807, 2.05) is 0 Å². The lowest BCUT2D eigenvalue weighted by Gasteiger charge is -2.19. The average molecular weight is 341 g/mol. The molecular formula is C12H14F3NO5S. The van der Waals surface area contributed by atoms with Crippen LogP contribution in [-0.4, -0.2) is 30.6 Å². The molecule has 6 nitrogen and oxygen atoms in total. The molecule has 10 heteroatoms. The van der Waals surface area contributed by atoms with Crippen molar-refractivity contribution in [1.82, 2.24) is 4.72 Å². The summed E-state index contributed by atoms with van der Waals surface area (Å²) in [6.07, 6.45) is -4.80. The van der Waals surface area contributed by atoms with Gasteiger partial charge in [-0.2, -0.15) is 17.9 Å². The topological polar surface area (TPSA) is 104 Å². The van der Waals surface area contributed by atoms with Crippen LogP contribution in [0.15, 0.2) is 23.1 Å². The van der Waals surface area contributed by atoms with Crippen LogP contribution in [0, 0.1) is 5.92 Å². The Kier molecular flexibility index (Phi) is 5.08. The van der Waals surface area contributed by atoms with E-state index in [0.29, 0.717) is 12.1 Å². The Bertz CT molecular complexity index is 670. The summed E-state index contributed by atoms with van der Waals surface area (Å²) in [6, 6.07) is -0.191. The van der Waals surface area contributed by atoms with Crippen molar-refractivity contribution >= 4 is 16.0 Å². The van der Waals surface area contributed by atoms with Crippen LogP contribution in [-0.2, 0) is 21.0 Å². The molecule has 0 aromatic heterocycles. The summed E-state index contributed by atoms with van der Waals surface area (Å²) in [5, 5.41) is 18.4. The van der Waals surface area contributed by atoms with Gasteiger partial charge in [0.15, 0.2) is 0 Å². The van der Waals surface area contributed by atoms with Gasteiger partial charge in [-0.15, -0.1) is 0 Å². The second-order valence-corrected chi connectivity index (χ2v) is 6.54. The van der Waals surface area contributed by atoms with Gasteiger partial charge in [0.1, 0.15) is 16.7 Å². The molecule has 0 spiro atoms. The van der Waals surface area contributed by atoms with Crippen LogP contribution in [0.3, 0.4) is 0 Å². The number of sulfonamides is 1. The predicted octanol–water partition coefficient (Wildman–Crippen LogP) is 1.80. The number of hydrogen-bond donors (Lipinski definition) is 3. The first-order valence-electron chi connectivity index (χ1n) is 6.01. The van der Waals surface area contributed by atoms with E-state index in [0.717, 1.165) is 0 Å². The Hall–Kier alpha value is -1.81. The zero-order valence-electron chi connectivity index (χ0n) is 11.5. The molecule has 0 fully saturated rings. The van der Waals surface area contributed by atoms with Gasteiger partial charge >= 0.3 is 12.1 Å². The maximum atomic E-state index is 12.6. The number of hydrogen-bond acceptors (Lipinski definition) is 4. The molecule has 0 heterocycles. The largest absolute Gasteiger partial charge is 0.507 e. The minimum Gasteiger partial charge on any atom is -0.507 e. The van der Waals surface area contributed by atoms with Crippen LogP contribution in [0.1, 0.15) is 19.4 Å². The number of carbonyl (C=O) groups is 1. The molecule has 1 unspecified atom stereocenters. The molecule has 0 saturated carbocycles. The van der Waals surface area contributed by atoms with E-state index in [4.69, 9.17) is 5.11 Å². The predicted molar refractivity (Wildman–Crippen MR) is 69.7 cm³/mol. The first kappa shape index (κ1) is 18.2. The van der Waals surface area contributed by atoms with Gasteiger partial charge in [0, 0.05) is 0 Å². The molecule has 1 atom stereocenters. The molecule has 0 saturated heterocycles. The zero-order valence-corrected chi connectivity index (χ0v) is 12.4. The molecule has 0 radical (unpaired) electrons. The fourth-order valence-electron chi connectivity index (χ4n) is 1.61. The Labute approximate surface area is 124 Å². The van der Waals surface area contributed by atoms with Gasteiger partial charge in [0.25, 0.3) is 0 Å². The minimum atomic E-state index is -4.80. The van der Waals surface area contributed by atoms with Crippen molar-refractivity contribution in [2.45, 2.75) is 31.0 Å². The van der Waals surface area contributed by atoms with E-state index < -0.39 is 50.3 Å². The van der Waals surface area contributed by atoms with Gasteiger partial charge in [0.2, 0.25) is 10.0 Å². The van der Waals surface area contributed by atoms with E-state index in [2.05, 4.69) is 0 Å². The second kappa shape index (κ2) is 6.13. The van der Waals surface area contributed by atoms with Gasteiger partial charge in [-0.05, 0) is 24.1 Å². The van der Waals surface area contributed by atoms with E-state index in [1.54, 1.807) is 4.72 Å². The van der Waals surface area contributed by atoms with Crippen molar-refractivity contribution in [1.29, 1.82) is 0 Å². The first-order valence-corrected chi connectivity index (χ1v) is 7.50. The average Bonchev–Trinajstić information content (AvgIpc) is 2.34. The number of phenolic OH excluding ortho intramolecular Hbond substituents is 1. The van der Waals surface area contributed by atoms with Crippen molar-refractivity contribution < 1.29 is 36.6 Å². The van der Waals surface area contributed by atoms with Gasteiger partial charge in [-0.1, -0.05) is 13.8 Å². The third-order valence-electron chi connectivity index (χ3n) is 2.79. The van der Waals surface area contributed by atoms with Crippen molar-refractivity contribution in [2.75, 3.05) is 0 Å². The van der Waals surface area contributed by atoms with E-state index in [-0.39, 0.29) is 6.07 Å². The lowest BCUT2D eigenvalue weighted by atomic mass is 10.1. The van der Waals surface area contributed by atoms with Crippen LogP contribution in [0.5, 0.6) is 5.75 Å². The summed E-state index contributed by atoms with van der Waals surface area (Å²) in [6.45, 7) is 2.85. The second-order valence-electron chi connectivity index (χ2n) is 4.86. The lowest BCUT2D eigenvalue weighted by molar-refractivity contribution is -0.140. The van der Waals surface area contributed by atoms with E-state index >= 15 is 0 Å². The highest BCUT2D eigenvalue weighted by molar-refractivity contribution is 7.89. The number of carboxylic acids is 1. The van der Waals surface area contributed by atoms with Gasteiger partial charge in [-0.25, -0.2) is 8.42 Å². The van der Waals surface area contributed by atoms with Crippen LogP contribution in [0.4, 0.5) is 13.2 Å². The highest BCUT2D eigenvalue weighted by atomic mass is 32.2. The summed E-state index contributed by atoms with van der Waals surface area (Å²) in [7, 11) is -4.64. The number of phenols is 1. The number of alkyl halides is 3. The Morgan fingerprint density at radius 2 is 1.82 bits per heavy atom. The number of rotatable bonds is 5. The molecule has 0 aliphatic carbocycles. The summed E-state index contributed by atoms with van der Waals surface area (Å²) in [5.41, 5.74) is -1.28. The number of aromatic hydroxyl groups is 1. The lowest BCUT2D eigenvalue weighted by Crippen LogP contribution is -2.44. The highest BCUT2D eigenvalue weighted by Gasteiger charge is 2.34. The Morgan fingerprint density at radius 3 is 2.23 bits per heavy atom. The summed E-state index contributed by atoms with van der Waals surface area (Å²) < 4.78 is 63.7. The number of aliphatic carboxylic acids is 1. The van der Waals surface area contributed by atoms with Gasteiger partial charge < -0.3 is 10.2 Å². The highest BCUT2D eigenvalue weighted by Crippen LogP contribution is 2.34. The third-order valence-corrected chi connectivity index (χ3v) is 4.26. The Balaban J connectivity index is 3.31. The molecule has 22 heavy (non-hydrogen) atoms. The molecule has 0 aliphatic heterocycles. The summed E-state index contributed by atoms with van der Waals surface area (Å²) in [4.78, 5) is 9.96. The third kappa shape index (κ3) is 4.10. The van der Waals surface area contributed by atoms with E-state index in [9.17, 15) is 31.5 Å². The Morgan fingerprint density at radius 1 is 1.27 bits per heavy atom. The van der Waals surface area contributed by atoms with Gasteiger partial charge in [-0.3, -0.25) is 4.79 Å². The molecule has 0 amide bonds. The van der Waals surface area contributed by atoms with Crippen molar-refractivity contribution in [2.24, 2.45) is 5.92 Å². The molecule has 3 N–H and O–H groups in total. The zero-order chi connectivity index (χ0) is 17.3. The van der Waals surface area contributed by atoms with Crippen LogP contribution >= 0.6 is 0 Å². The fourth-order valence-corrected chi connectivity index (χ4v) is 3.07. The van der Waals surface area contributed by atoms with Crippen molar-refractivity contribution in [3.63, 3.8) is 0 Å². The molecule has 124 valence electrons. The number of carboxylic acid groups (broad SMARTS) is 1. The van der Waals surface area contributed by atoms with Crippen LogP contribution in [0.25, 0.3) is 0 Å². The normalized spacial score (nSPS) is 14.1.